The van der Waals surface area contributed by atoms with E-state index < -0.39 is 0 Å². The zero-order valence-electron chi connectivity index (χ0n) is 13.5. The predicted molar refractivity (Wildman–Crippen MR) is 91.0 cm³/mol. The fraction of sp³-hybridized carbons (Fsp3) is 0.368. The van der Waals surface area contributed by atoms with Crippen LogP contribution in [-0.2, 0) is 0 Å². The van der Waals surface area contributed by atoms with Gasteiger partial charge in [0.2, 0.25) is 0 Å². The van der Waals surface area contributed by atoms with Gasteiger partial charge in [-0.05, 0) is 30.2 Å². The highest BCUT2D eigenvalue weighted by Gasteiger charge is 2.06. The molecule has 0 saturated carbocycles. The van der Waals surface area contributed by atoms with Crippen molar-refractivity contribution in [3.63, 3.8) is 0 Å². The van der Waals surface area contributed by atoms with Crippen LogP contribution in [-0.4, -0.2) is 36.6 Å². The first-order chi connectivity index (χ1) is 11.2. The van der Waals surface area contributed by atoms with Gasteiger partial charge < -0.3 is 19.7 Å². The maximum atomic E-state index is 8.87. The molecular formula is C19H24O4. The van der Waals surface area contributed by atoms with E-state index in [1.54, 1.807) is 0 Å². The summed E-state index contributed by atoms with van der Waals surface area (Å²) in [5, 5.41) is 17.7. The summed E-state index contributed by atoms with van der Waals surface area (Å²) in [6.07, 6.45) is 1.19. The maximum Gasteiger partial charge on any atom is 0.123 e. The first kappa shape index (κ1) is 17.3. The highest BCUT2D eigenvalue weighted by atomic mass is 16.5. The lowest BCUT2D eigenvalue weighted by atomic mass is 10.0. The molecule has 2 aromatic carbocycles. The summed E-state index contributed by atoms with van der Waals surface area (Å²) in [7, 11) is 0. The van der Waals surface area contributed by atoms with E-state index in [1.807, 2.05) is 18.2 Å². The molecule has 0 fully saturated rings. The molecule has 0 aliphatic heterocycles. The monoisotopic (exact) mass is 316 g/mol. The number of aliphatic hydroxyl groups excluding tert-OH is 2. The summed E-state index contributed by atoms with van der Waals surface area (Å²) in [5.74, 6) is 1.44. The second-order valence-electron chi connectivity index (χ2n) is 5.41. The molecule has 0 saturated heterocycles. The lowest BCUT2D eigenvalue weighted by Crippen LogP contribution is -2.02. The van der Waals surface area contributed by atoms with Crippen molar-refractivity contribution in [1.82, 2.24) is 0 Å². The SMILES string of the molecule is Cc1ccc(-c2cc(OCCCO)cc(OCCCO)c2)cc1. The number of hydrogen-bond acceptors (Lipinski definition) is 4. The number of rotatable bonds is 9. The Labute approximate surface area is 137 Å². The van der Waals surface area contributed by atoms with E-state index >= 15 is 0 Å². The van der Waals surface area contributed by atoms with Crippen LogP contribution in [0.2, 0.25) is 0 Å². The number of ether oxygens (including phenoxy) is 2. The van der Waals surface area contributed by atoms with Gasteiger partial charge in [-0.25, -0.2) is 0 Å². The summed E-state index contributed by atoms with van der Waals surface area (Å²) in [5.41, 5.74) is 3.32. The van der Waals surface area contributed by atoms with Crippen molar-refractivity contribution in [1.29, 1.82) is 0 Å². The third-order valence-electron chi connectivity index (χ3n) is 3.41. The van der Waals surface area contributed by atoms with Crippen molar-refractivity contribution < 1.29 is 19.7 Å². The summed E-state index contributed by atoms with van der Waals surface area (Å²) in [4.78, 5) is 0. The van der Waals surface area contributed by atoms with Crippen LogP contribution in [0.15, 0.2) is 42.5 Å². The summed E-state index contributed by atoms with van der Waals surface area (Å²) in [6.45, 7) is 3.20. The smallest absolute Gasteiger partial charge is 0.123 e. The minimum atomic E-state index is 0.109. The van der Waals surface area contributed by atoms with Crippen molar-refractivity contribution in [2.24, 2.45) is 0 Å². The topological polar surface area (TPSA) is 58.9 Å². The third-order valence-corrected chi connectivity index (χ3v) is 3.41. The lowest BCUT2D eigenvalue weighted by Gasteiger charge is -2.12. The van der Waals surface area contributed by atoms with Crippen LogP contribution in [0.5, 0.6) is 11.5 Å². The second kappa shape index (κ2) is 9.18. The Balaban J connectivity index is 2.22. The van der Waals surface area contributed by atoms with Crippen molar-refractivity contribution in [3.8, 4) is 22.6 Å². The van der Waals surface area contributed by atoms with E-state index in [1.165, 1.54) is 5.56 Å². The Bertz CT molecular complexity index is 565. The average Bonchev–Trinajstić information content (AvgIpc) is 2.56. The molecule has 2 aromatic rings. The molecule has 0 aromatic heterocycles. The average molecular weight is 316 g/mol. The molecule has 0 radical (unpaired) electrons. The fourth-order valence-corrected chi connectivity index (χ4v) is 2.16. The number of benzene rings is 2. The van der Waals surface area contributed by atoms with Crippen LogP contribution < -0.4 is 9.47 Å². The van der Waals surface area contributed by atoms with Crippen LogP contribution in [0.1, 0.15) is 18.4 Å². The van der Waals surface area contributed by atoms with E-state index in [0.717, 1.165) is 22.6 Å². The highest BCUT2D eigenvalue weighted by molar-refractivity contribution is 5.67. The van der Waals surface area contributed by atoms with E-state index in [2.05, 4.69) is 31.2 Å². The molecule has 23 heavy (non-hydrogen) atoms. The normalized spacial score (nSPS) is 10.6. The van der Waals surface area contributed by atoms with Crippen molar-refractivity contribution in [2.75, 3.05) is 26.4 Å². The third kappa shape index (κ3) is 5.58. The summed E-state index contributed by atoms with van der Waals surface area (Å²) < 4.78 is 11.4. The Morgan fingerprint density at radius 2 is 1.26 bits per heavy atom. The second-order valence-corrected chi connectivity index (χ2v) is 5.41. The number of aliphatic hydroxyl groups is 2. The van der Waals surface area contributed by atoms with Crippen LogP contribution in [0, 0.1) is 6.92 Å². The number of aryl methyl sites for hydroxylation is 1. The molecule has 0 aliphatic rings. The van der Waals surface area contributed by atoms with Gasteiger partial charge in [-0.3, -0.25) is 0 Å². The summed E-state index contributed by atoms with van der Waals surface area (Å²) >= 11 is 0. The fourth-order valence-electron chi connectivity index (χ4n) is 2.16. The van der Waals surface area contributed by atoms with Crippen LogP contribution in [0.25, 0.3) is 11.1 Å². The zero-order valence-corrected chi connectivity index (χ0v) is 13.5. The minimum Gasteiger partial charge on any atom is -0.493 e. The molecule has 2 rings (SSSR count). The van der Waals surface area contributed by atoms with E-state index in [-0.39, 0.29) is 13.2 Å². The largest absolute Gasteiger partial charge is 0.493 e. The zero-order chi connectivity index (χ0) is 16.5. The molecule has 0 aliphatic carbocycles. The molecule has 0 unspecified atom stereocenters. The first-order valence-corrected chi connectivity index (χ1v) is 7.92. The van der Waals surface area contributed by atoms with Gasteiger partial charge in [0.15, 0.2) is 0 Å². The van der Waals surface area contributed by atoms with E-state index in [9.17, 15) is 0 Å². The molecule has 0 spiro atoms. The maximum absolute atomic E-state index is 8.87. The molecule has 0 bridgehead atoms. The molecule has 0 heterocycles. The van der Waals surface area contributed by atoms with Gasteiger partial charge >= 0.3 is 0 Å². The van der Waals surface area contributed by atoms with Gasteiger partial charge in [0.05, 0.1) is 13.2 Å². The highest BCUT2D eigenvalue weighted by Crippen LogP contribution is 2.30. The summed E-state index contributed by atoms with van der Waals surface area (Å²) in [6, 6.07) is 14.1. The molecule has 2 N–H and O–H groups in total. The van der Waals surface area contributed by atoms with Gasteiger partial charge in [-0.1, -0.05) is 29.8 Å². The Kier molecular flexibility index (Phi) is 6.91. The molecule has 124 valence electrons. The Morgan fingerprint density at radius 3 is 1.74 bits per heavy atom. The minimum absolute atomic E-state index is 0.109. The lowest BCUT2D eigenvalue weighted by molar-refractivity contribution is 0.228. The van der Waals surface area contributed by atoms with Crippen LogP contribution >= 0.6 is 0 Å². The van der Waals surface area contributed by atoms with Gasteiger partial charge in [0, 0.05) is 32.1 Å². The molecule has 0 amide bonds. The predicted octanol–water partition coefficient (Wildman–Crippen LogP) is 3.18. The molecular weight excluding hydrogens is 292 g/mol. The van der Waals surface area contributed by atoms with Gasteiger partial charge in [0.25, 0.3) is 0 Å². The van der Waals surface area contributed by atoms with Crippen LogP contribution in [0.4, 0.5) is 0 Å². The van der Waals surface area contributed by atoms with Gasteiger partial charge in [-0.15, -0.1) is 0 Å². The molecule has 0 atom stereocenters. The van der Waals surface area contributed by atoms with Crippen molar-refractivity contribution in [3.05, 3.63) is 48.0 Å². The van der Waals surface area contributed by atoms with Gasteiger partial charge in [0.1, 0.15) is 11.5 Å². The van der Waals surface area contributed by atoms with Crippen molar-refractivity contribution >= 4 is 0 Å². The Morgan fingerprint density at radius 1 is 0.739 bits per heavy atom. The number of hydrogen-bond donors (Lipinski definition) is 2. The molecule has 4 nitrogen and oxygen atoms in total. The standard InChI is InChI=1S/C19H24O4/c1-15-4-6-16(7-5-15)17-12-18(22-10-2-8-20)14-19(13-17)23-11-3-9-21/h4-7,12-14,20-21H,2-3,8-11H2,1H3. The first-order valence-electron chi connectivity index (χ1n) is 7.92. The van der Waals surface area contributed by atoms with E-state index in [4.69, 9.17) is 19.7 Å². The van der Waals surface area contributed by atoms with Gasteiger partial charge in [-0.2, -0.15) is 0 Å². The molecule has 4 heteroatoms. The van der Waals surface area contributed by atoms with Crippen molar-refractivity contribution in [2.45, 2.75) is 19.8 Å². The van der Waals surface area contributed by atoms with Crippen LogP contribution in [0.3, 0.4) is 0 Å². The van der Waals surface area contributed by atoms with E-state index in [0.29, 0.717) is 26.1 Å². The Hall–Kier alpha value is -2.04. The quantitative estimate of drug-likeness (QED) is 0.698.